The fourth-order valence-electron chi connectivity index (χ4n) is 2.50. The molecular weight excluding hydrogens is 266 g/mol. The Balaban J connectivity index is 1.65. The number of anilines is 1. The molecule has 2 nitrogen and oxygen atoms in total. The molecule has 0 aliphatic carbocycles. The predicted octanol–water partition coefficient (Wildman–Crippen LogP) is 3.98. The van der Waals surface area contributed by atoms with Crippen molar-refractivity contribution < 1.29 is 4.74 Å². The fourth-order valence-corrected chi connectivity index (χ4v) is 3.56. The third-order valence-corrected chi connectivity index (χ3v) is 4.88. The zero-order valence-corrected chi connectivity index (χ0v) is 12.7. The van der Waals surface area contributed by atoms with Crippen molar-refractivity contribution in [1.29, 1.82) is 0 Å². The molecule has 1 heterocycles. The SMILES string of the molecule is Cc1ccc2c(c1)CC(CSc1cc(N)ccc1C)O2. The summed E-state index contributed by atoms with van der Waals surface area (Å²) in [7, 11) is 0. The Kier molecular flexibility index (Phi) is 3.62. The molecular formula is C17H19NOS. The standard InChI is InChI=1S/C17H19NOS/c1-11-3-6-16-13(7-11)8-15(19-16)10-20-17-9-14(18)5-4-12(17)2/h3-7,9,15H,8,10,18H2,1-2H3. The van der Waals surface area contributed by atoms with Crippen molar-refractivity contribution in [3.63, 3.8) is 0 Å². The number of nitrogens with two attached hydrogens (primary N) is 1. The molecule has 0 saturated carbocycles. The molecule has 2 aromatic carbocycles. The smallest absolute Gasteiger partial charge is 0.123 e. The molecule has 0 spiro atoms. The fraction of sp³-hybridized carbons (Fsp3) is 0.294. The number of hydrogen-bond donors (Lipinski definition) is 1. The highest BCUT2D eigenvalue weighted by Crippen LogP contribution is 2.33. The molecule has 3 rings (SSSR count). The van der Waals surface area contributed by atoms with Crippen molar-refractivity contribution in [3.8, 4) is 5.75 Å². The molecule has 3 heteroatoms. The molecule has 0 aromatic heterocycles. The van der Waals surface area contributed by atoms with E-state index < -0.39 is 0 Å². The van der Waals surface area contributed by atoms with Crippen LogP contribution in [0.3, 0.4) is 0 Å². The van der Waals surface area contributed by atoms with Crippen LogP contribution in [0.4, 0.5) is 5.69 Å². The molecule has 0 fully saturated rings. The molecule has 2 N–H and O–H groups in total. The molecule has 1 unspecified atom stereocenters. The monoisotopic (exact) mass is 285 g/mol. The zero-order valence-electron chi connectivity index (χ0n) is 11.8. The number of ether oxygens (including phenoxy) is 1. The Morgan fingerprint density at radius 1 is 1.20 bits per heavy atom. The van der Waals surface area contributed by atoms with Crippen molar-refractivity contribution >= 4 is 17.4 Å². The quantitative estimate of drug-likeness (QED) is 0.684. The average Bonchev–Trinajstić information content (AvgIpc) is 2.81. The van der Waals surface area contributed by atoms with Gasteiger partial charge in [-0.25, -0.2) is 0 Å². The van der Waals surface area contributed by atoms with E-state index in [1.165, 1.54) is 21.6 Å². The molecule has 0 radical (unpaired) electrons. The molecule has 104 valence electrons. The van der Waals surface area contributed by atoms with E-state index in [1.807, 2.05) is 23.9 Å². The van der Waals surface area contributed by atoms with Crippen LogP contribution in [0.5, 0.6) is 5.75 Å². The molecule has 0 amide bonds. The Bertz CT molecular complexity index is 639. The van der Waals surface area contributed by atoms with Crippen LogP contribution in [0, 0.1) is 13.8 Å². The van der Waals surface area contributed by atoms with Crippen molar-refractivity contribution in [2.24, 2.45) is 0 Å². The van der Waals surface area contributed by atoms with Gasteiger partial charge in [0.2, 0.25) is 0 Å². The minimum atomic E-state index is 0.262. The van der Waals surface area contributed by atoms with Crippen LogP contribution in [0.15, 0.2) is 41.3 Å². The van der Waals surface area contributed by atoms with Crippen LogP contribution in [0.25, 0.3) is 0 Å². The second-order valence-corrected chi connectivity index (χ2v) is 6.45. The van der Waals surface area contributed by atoms with Gasteiger partial charge in [-0.3, -0.25) is 0 Å². The van der Waals surface area contributed by atoms with Gasteiger partial charge in [0.15, 0.2) is 0 Å². The summed E-state index contributed by atoms with van der Waals surface area (Å²) in [4.78, 5) is 1.25. The highest BCUT2D eigenvalue weighted by molar-refractivity contribution is 7.99. The van der Waals surface area contributed by atoms with Gasteiger partial charge in [0, 0.05) is 22.8 Å². The number of hydrogen-bond acceptors (Lipinski definition) is 3. The third kappa shape index (κ3) is 2.78. The lowest BCUT2D eigenvalue weighted by Crippen LogP contribution is -2.15. The largest absolute Gasteiger partial charge is 0.489 e. The lowest BCUT2D eigenvalue weighted by molar-refractivity contribution is 0.259. The first-order valence-corrected chi connectivity index (χ1v) is 7.85. The van der Waals surface area contributed by atoms with E-state index in [1.54, 1.807) is 0 Å². The van der Waals surface area contributed by atoms with Crippen LogP contribution < -0.4 is 10.5 Å². The lowest BCUT2D eigenvalue weighted by atomic mass is 10.1. The summed E-state index contributed by atoms with van der Waals surface area (Å²) in [6.45, 7) is 4.24. The third-order valence-electron chi connectivity index (χ3n) is 3.59. The highest BCUT2D eigenvalue weighted by Gasteiger charge is 2.22. The summed E-state index contributed by atoms with van der Waals surface area (Å²) in [6.07, 6.45) is 1.27. The van der Waals surface area contributed by atoms with Crippen molar-refractivity contribution in [3.05, 3.63) is 53.1 Å². The van der Waals surface area contributed by atoms with E-state index in [0.717, 1.165) is 23.6 Å². The Morgan fingerprint density at radius 2 is 2.05 bits per heavy atom. The predicted molar refractivity (Wildman–Crippen MR) is 85.6 cm³/mol. The van der Waals surface area contributed by atoms with Gasteiger partial charge in [-0.1, -0.05) is 23.8 Å². The molecule has 1 aliphatic rings. The van der Waals surface area contributed by atoms with E-state index in [4.69, 9.17) is 10.5 Å². The molecule has 20 heavy (non-hydrogen) atoms. The lowest BCUT2D eigenvalue weighted by Gasteiger charge is -2.12. The van der Waals surface area contributed by atoms with Crippen LogP contribution in [-0.4, -0.2) is 11.9 Å². The number of benzene rings is 2. The Morgan fingerprint density at radius 3 is 2.90 bits per heavy atom. The summed E-state index contributed by atoms with van der Waals surface area (Å²) in [6, 6.07) is 12.5. The van der Waals surface area contributed by atoms with Gasteiger partial charge in [-0.2, -0.15) is 0 Å². The van der Waals surface area contributed by atoms with Gasteiger partial charge in [-0.05, 0) is 43.2 Å². The topological polar surface area (TPSA) is 35.2 Å². The van der Waals surface area contributed by atoms with Crippen molar-refractivity contribution in [1.82, 2.24) is 0 Å². The summed E-state index contributed by atoms with van der Waals surface area (Å²) in [5.74, 6) is 2.00. The Labute approximate surface area is 124 Å². The highest BCUT2D eigenvalue weighted by atomic mass is 32.2. The van der Waals surface area contributed by atoms with Gasteiger partial charge in [0.05, 0.1) is 0 Å². The molecule has 0 bridgehead atoms. The van der Waals surface area contributed by atoms with E-state index in [0.29, 0.717) is 0 Å². The summed E-state index contributed by atoms with van der Waals surface area (Å²) < 4.78 is 6.00. The molecule has 0 saturated heterocycles. The maximum Gasteiger partial charge on any atom is 0.123 e. The molecule has 1 atom stereocenters. The Hall–Kier alpha value is -1.61. The average molecular weight is 285 g/mol. The van der Waals surface area contributed by atoms with Gasteiger partial charge in [0.25, 0.3) is 0 Å². The molecule has 1 aliphatic heterocycles. The number of fused-ring (bicyclic) bond motifs is 1. The van der Waals surface area contributed by atoms with E-state index >= 15 is 0 Å². The second kappa shape index (κ2) is 5.41. The van der Waals surface area contributed by atoms with E-state index in [9.17, 15) is 0 Å². The van der Waals surface area contributed by atoms with Crippen LogP contribution >= 0.6 is 11.8 Å². The van der Waals surface area contributed by atoms with Crippen molar-refractivity contribution in [2.45, 2.75) is 31.3 Å². The van der Waals surface area contributed by atoms with Gasteiger partial charge >= 0.3 is 0 Å². The minimum Gasteiger partial charge on any atom is -0.489 e. The van der Waals surface area contributed by atoms with Crippen LogP contribution in [0.2, 0.25) is 0 Å². The summed E-state index contributed by atoms with van der Waals surface area (Å²) in [5, 5.41) is 0. The number of aryl methyl sites for hydroxylation is 2. The van der Waals surface area contributed by atoms with Crippen LogP contribution in [-0.2, 0) is 6.42 Å². The zero-order chi connectivity index (χ0) is 14.1. The van der Waals surface area contributed by atoms with E-state index in [-0.39, 0.29) is 6.10 Å². The summed E-state index contributed by atoms with van der Waals surface area (Å²) in [5.41, 5.74) is 10.6. The second-order valence-electron chi connectivity index (χ2n) is 5.39. The first-order valence-electron chi connectivity index (χ1n) is 6.87. The van der Waals surface area contributed by atoms with Crippen molar-refractivity contribution in [2.75, 3.05) is 11.5 Å². The minimum absolute atomic E-state index is 0.262. The first-order chi connectivity index (χ1) is 9.61. The molecule has 2 aromatic rings. The first kappa shape index (κ1) is 13.4. The maximum atomic E-state index is 6.00. The van der Waals surface area contributed by atoms with Gasteiger partial charge < -0.3 is 10.5 Å². The van der Waals surface area contributed by atoms with Crippen LogP contribution in [0.1, 0.15) is 16.7 Å². The number of thioether (sulfide) groups is 1. The summed E-state index contributed by atoms with van der Waals surface area (Å²) >= 11 is 1.83. The van der Waals surface area contributed by atoms with Gasteiger partial charge in [0.1, 0.15) is 11.9 Å². The number of rotatable bonds is 3. The number of nitrogen functional groups attached to an aromatic ring is 1. The van der Waals surface area contributed by atoms with E-state index in [2.05, 4.69) is 38.1 Å². The normalized spacial score (nSPS) is 16.8. The maximum absolute atomic E-state index is 6.00. The van der Waals surface area contributed by atoms with Gasteiger partial charge in [-0.15, -0.1) is 11.8 Å².